The zero-order valence-electron chi connectivity index (χ0n) is 13.8. The van der Waals surface area contributed by atoms with E-state index in [9.17, 15) is 0 Å². The van der Waals surface area contributed by atoms with Crippen LogP contribution in [0.25, 0.3) is 22.3 Å². The van der Waals surface area contributed by atoms with Crippen LogP contribution in [0.15, 0.2) is 60.7 Å². The van der Waals surface area contributed by atoms with E-state index in [1.165, 1.54) is 33.4 Å². The monoisotopic (exact) mass is 316 g/mol. The van der Waals surface area contributed by atoms with Gasteiger partial charge >= 0.3 is 0 Å². The maximum absolute atomic E-state index is 8.92. The Morgan fingerprint density at radius 2 is 1.71 bits per heavy atom. The molecule has 1 aliphatic rings. The summed E-state index contributed by atoms with van der Waals surface area (Å²) in [7, 11) is 0. The standard InChI is InChI=1S/C22H20O2/c1-15-13-17(9-10-21(15)24-12-11-23)20-8-4-6-18-14-16-5-2-3-7-19(16)22(18)20/h2-10,13,23H,11-12,14H2,1H3. The van der Waals surface area contributed by atoms with Crippen molar-refractivity contribution in [2.45, 2.75) is 13.3 Å². The van der Waals surface area contributed by atoms with Gasteiger partial charge in [-0.25, -0.2) is 0 Å². The van der Waals surface area contributed by atoms with Gasteiger partial charge in [-0.3, -0.25) is 0 Å². The molecule has 0 spiro atoms. The van der Waals surface area contributed by atoms with Crippen LogP contribution in [-0.4, -0.2) is 18.3 Å². The third kappa shape index (κ3) is 2.49. The van der Waals surface area contributed by atoms with Crippen LogP contribution in [0.3, 0.4) is 0 Å². The quantitative estimate of drug-likeness (QED) is 0.596. The molecule has 3 aromatic carbocycles. The van der Waals surface area contributed by atoms with Crippen molar-refractivity contribution in [1.82, 2.24) is 0 Å². The Balaban J connectivity index is 1.80. The summed E-state index contributed by atoms with van der Waals surface area (Å²) in [5, 5.41) is 8.92. The smallest absolute Gasteiger partial charge is 0.122 e. The lowest BCUT2D eigenvalue weighted by molar-refractivity contribution is 0.200. The molecule has 3 aromatic rings. The van der Waals surface area contributed by atoms with Gasteiger partial charge in [0.15, 0.2) is 0 Å². The van der Waals surface area contributed by atoms with Crippen molar-refractivity contribution in [2.24, 2.45) is 0 Å². The van der Waals surface area contributed by atoms with Crippen molar-refractivity contribution in [3.8, 4) is 28.0 Å². The predicted molar refractivity (Wildman–Crippen MR) is 97.4 cm³/mol. The summed E-state index contributed by atoms with van der Waals surface area (Å²) in [6.07, 6.45) is 1.01. The Bertz CT molecular complexity index is 896. The Hall–Kier alpha value is -2.58. The average Bonchev–Trinajstić information content (AvgIpc) is 2.99. The minimum atomic E-state index is 0.0319. The van der Waals surface area contributed by atoms with E-state index in [4.69, 9.17) is 9.84 Å². The van der Waals surface area contributed by atoms with Gasteiger partial charge in [0.25, 0.3) is 0 Å². The van der Waals surface area contributed by atoms with Crippen LogP contribution in [0.5, 0.6) is 5.75 Å². The Kier molecular flexibility index (Phi) is 3.83. The average molecular weight is 316 g/mol. The van der Waals surface area contributed by atoms with Crippen LogP contribution in [0, 0.1) is 6.92 Å². The summed E-state index contributed by atoms with van der Waals surface area (Å²) in [6.45, 7) is 2.41. The number of hydrogen-bond donors (Lipinski definition) is 1. The predicted octanol–water partition coefficient (Wildman–Crippen LogP) is 4.60. The molecule has 4 rings (SSSR count). The minimum Gasteiger partial charge on any atom is -0.491 e. The van der Waals surface area contributed by atoms with Crippen molar-refractivity contribution >= 4 is 0 Å². The van der Waals surface area contributed by atoms with E-state index in [1.54, 1.807) is 0 Å². The topological polar surface area (TPSA) is 29.5 Å². The van der Waals surface area contributed by atoms with Gasteiger partial charge in [-0.15, -0.1) is 0 Å². The fraction of sp³-hybridized carbons (Fsp3) is 0.182. The molecule has 1 N–H and O–H groups in total. The van der Waals surface area contributed by atoms with E-state index in [2.05, 4.69) is 54.6 Å². The first kappa shape index (κ1) is 15.0. The maximum Gasteiger partial charge on any atom is 0.122 e. The Morgan fingerprint density at radius 3 is 2.54 bits per heavy atom. The summed E-state index contributed by atoms with van der Waals surface area (Å²) in [5.41, 5.74) is 9.07. The number of benzene rings is 3. The molecule has 0 saturated carbocycles. The molecule has 2 nitrogen and oxygen atoms in total. The van der Waals surface area contributed by atoms with Crippen LogP contribution >= 0.6 is 0 Å². The number of rotatable bonds is 4. The lowest BCUT2D eigenvalue weighted by Gasteiger charge is -2.13. The van der Waals surface area contributed by atoms with E-state index < -0.39 is 0 Å². The van der Waals surface area contributed by atoms with E-state index in [0.717, 1.165) is 17.7 Å². The highest BCUT2D eigenvalue weighted by Crippen LogP contribution is 2.43. The van der Waals surface area contributed by atoms with Crippen LogP contribution < -0.4 is 4.74 Å². The lowest BCUT2D eigenvalue weighted by Crippen LogP contribution is -2.02. The van der Waals surface area contributed by atoms with Gasteiger partial charge in [0.1, 0.15) is 12.4 Å². The number of fused-ring (bicyclic) bond motifs is 3. The van der Waals surface area contributed by atoms with Gasteiger partial charge in [0, 0.05) is 0 Å². The molecule has 1 aliphatic carbocycles. The fourth-order valence-electron chi connectivity index (χ4n) is 3.56. The summed E-state index contributed by atoms with van der Waals surface area (Å²) >= 11 is 0. The molecule has 0 radical (unpaired) electrons. The second-order valence-corrected chi connectivity index (χ2v) is 6.23. The normalized spacial score (nSPS) is 11.9. The van der Waals surface area contributed by atoms with Crippen molar-refractivity contribution in [1.29, 1.82) is 0 Å². The minimum absolute atomic E-state index is 0.0319. The van der Waals surface area contributed by atoms with Crippen LogP contribution in [0.4, 0.5) is 0 Å². The van der Waals surface area contributed by atoms with Crippen molar-refractivity contribution in [3.05, 3.63) is 77.4 Å². The highest BCUT2D eigenvalue weighted by molar-refractivity contribution is 5.90. The van der Waals surface area contributed by atoms with Crippen LogP contribution in [0.2, 0.25) is 0 Å². The van der Waals surface area contributed by atoms with Gasteiger partial charge < -0.3 is 9.84 Å². The molecule has 0 heterocycles. The SMILES string of the molecule is Cc1cc(-c2cccc3c2-c2ccccc2C3)ccc1OCCO. The third-order valence-electron chi connectivity index (χ3n) is 4.65. The second-order valence-electron chi connectivity index (χ2n) is 6.23. The number of aliphatic hydroxyl groups is 1. The zero-order chi connectivity index (χ0) is 16.5. The zero-order valence-corrected chi connectivity index (χ0v) is 13.8. The van der Waals surface area contributed by atoms with Gasteiger partial charge in [0.2, 0.25) is 0 Å². The molecule has 0 unspecified atom stereocenters. The van der Waals surface area contributed by atoms with Crippen LogP contribution in [-0.2, 0) is 6.42 Å². The highest BCUT2D eigenvalue weighted by Gasteiger charge is 2.21. The van der Waals surface area contributed by atoms with Crippen LogP contribution in [0.1, 0.15) is 16.7 Å². The summed E-state index contributed by atoms with van der Waals surface area (Å²) in [4.78, 5) is 0. The maximum atomic E-state index is 8.92. The van der Waals surface area contributed by atoms with E-state index in [-0.39, 0.29) is 6.61 Å². The number of ether oxygens (including phenoxy) is 1. The fourth-order valence-corrected chi connectivity index (χ4v) is 3.56. The first-order valence-electron chi connectivity index (χ1n) is 8.33. The largest absolute Gasteiger partial charge is 0.491 e. The molecule has 120 valence electrons. The van der Waals surface area contributed by atoms with Gasteiger partial charge in [-0.1, -0.05) is 48.5 Å². The van der Waals surface area contributed by atoms with Gasteiger partial charge in [-0.2, -0.15) is 0 Å². The molecule has 2 heteroatoms. The van der Waals surface area contributed by atoms with E-state index in [0.29, 0.717) is 6.61 Å². The summed E-state index contributed by atoms with van der Waals surface area (Å²) in [6, 6.07) is 21.5. The molecule has 0 aliphatic heterocycles. The molecule has 0 aromatic heterocycles. The summed E-state index contributed by atoms with van der Waals surface area (Å²) < 4.78 is 5.58. The van der Waals surface area contributed by atoms with Crippen molar-refractivity contribution < 1.29 is 9.84 Å². The molecule has 0 fully saturated rings. The first-order valence-corrected chi connectivity index (χ1v) is 8.33. The molecule has 0 saturated heterocycles. The molecular formula is C22H20O2. The molecule has 0 amide bonds. The van der Waals surface area contributed by atoms with Gasteiger partial charge in [-0.05, 0) is 64.4 Å². The number of aryl methyl sites for hydroxylation is 1. The number of hydrogen-bond acceptors (Lipinski definition) is 2. The van der Waals surface area contributed by atoms with Crippen molar-refractivity contribution in [2.75, 3.05) is 13.2 Å². The molecule has 24 heavy (non-hydrogen) atoms. The lowest BCUT2D eigenvalue weighted by atomic mass is 9.93. The summed E-state index contributed by atoms with van der Waals surface area (Å²) in [5.74, 6) is 0.834. The Labute approximate surface area is 142 Å². The third-order valence-corrected chi connectivity index (χ3v) is 4.65. The Morgan fingerprint density at radius 1 is 0.917 bits per heavy atom. The molecule has 0 atom stereocenters. The van der Waals surface area contributed by atoms with E-state index in [1.807, 2.05) is 13.0 Å². The molecular weight excluding hydrogens is 296 g/mol. The number of aliphatic hydroxyl groups excluding tert-OH is 1. The second kappa shape index (κ2) is 6.14. The molecule has 0 bridgehead atoms. The van der Waals surface area contributed by atoms with Gasteiger partial charge in [0.05, 0.1) is 6.61 Å². The van der Waals surface area contributed by atoms with Crippen molar-refractivity contribution in [3.63, 3.8) is 0 Å². The first-order chi connectivity index (χ1) is 11.8. The highest BCUT2D eigenvalue weighted by atomic mass is 16.5. The van der Waals surface area contributed by atoms with E-state index >= 15 is 0 Å².